The molecule has 0 aliphatic carbocycles. The van der Waals surface area contributed by atoms with Crippen molar-refractivity contribution >= 4 is 39.4 Å². The molecule has 2 heterocycles. The second kappa shape index (κ2) is 9.74. The van der Waals surface area contributed by atoms with Gasteiger partial charge in [0.05, 0.1) is 23.4 Å². The van der Waals surface area contributed by atoms with Gasteiger partial charge in [-0.1, -0.05) is 38.4 Å². The molecular formula is C23H27ClFN3O7S. The van der Waals surface area contributed by atoms with Gasteiger partial charge in [-0.15, -0.1) is 0 Å². The van der Waals surface area contributed by atoms with Crippen LogP contribution in [0.5, 0.6) is 5.75 Å². The standard InChI is InChI=1S/C23H27ClFN3O7S/c1-23(2,3)12-36(33,34)28(22(31)32)19-14-8-9-27(11-13-6-7-16(25)15(24)10-13)20(29)17(14)18(35-5)21(30)26(19)4/h6-7,10H,8-9,11-12H2,1-5H3,(H,31,32). The van der Waals surface area contributed by atoms with Gasteiger partial charge in [0, 0.05) is 25.7 Å². The quantitative estimate of drug-likeness (QED) is 0.592. The predicted molar refractivity (Wildman–Crippen MR) is 132 cm³/mol. The molecule has 1 aliphatic rings. The Kier molecular flexibility index (Phi) is 7.43. The summed E-state index contributed by atoms with van der Waals surface area (Å²) in [6.45, 7) is 5.00. The van der Waals surface area contributed by atoms with E-state index in [4.69, 9.17) is 16.3 Å². The summed E-state index contributed by atoms with van der Waals surface area (Å²) in [5.74, 6) is -2.55. The number of hydrogen-bond acceptors (Lipinski definition) is 6. The number of nitrogens with zero attached hydrogens (tertiary/aromatic N) is 3. The molecule has 1 N–H and O–H groups in total. The molecule has 1 aliphatic heterocycles. The second-order valence-electron chi connectivity index (χ2n) is 9.66. The molecule has 13 heteroatoms. The van der Waals surface area contributed by atoms with Gasteiger partial charge in [-0.05, 0) is 29.5 Å². The van der Waals surface area contributed by atoms with Crippen molar-refractivity contribution in [3.05, 3.63) is 56.1 Å². The van der Waals surface area contributed by atoms with Crippen molar-refractivity contribution in [2.45, 2.75) is 33.7 Å². The topological polar surface area (TPSA) is 126 Å². The smallest absolute Gasteiger partial charge is 0.427 e. The van der Waals surface area contributed by atoms with Gasteiger partial charge in [0.15, 0.2) is 5.75 Å². The summed E-state index contributed by atoms with van der Waals surface area (Å²) < 4.78 is 46.2. The monoisotopic (exact) mass is 543 g/mol. The van der Waals surface area contributed by atoms with E-state index in [1.165, 1.54) is 37.3 Å². The minimum absolute atomic E-state index is 0.0247. The number of fused-ring (bicyclic) bond motifs is 1. The Bertz CT molecular complexity index is 1400. The van der Waals surface area contributed by atoms with Gasteiger partial charge in [0.1, 0.15) is 11.6 Å². The van der Waals surface area contributed by atoms with Crippen LogP contribution in [0.4, 0.5) is 15.0 Å². The Labute approximate surface area is 212 Å². The molecule has 36 heavy (non-hydrogen) atoms. The number of sulfonamides is 1. The molecule has 0 fully saturated rings. The van der Waals surface area contributed by atoms with Crippen LogP contribution in [0.3, 0.4) is 0 Å². The third-order valence-corrected chi connectivity index (χ3v) is 7.98. The van der Waals surface area contributed by atoms with E-state index in [9.17, 15) is 32.3 Å². The lowest BCUT2D eigenvalue weighted by atomic mass is 9.98. The number of hydrogen-bond donors (Lipinski definition) is 1. The zero-order valence-corrected chi connectivity index (χ0v) is 22.0. The third kappa shape index (κ3) is 5.19. The fourth-order valence-electron chi connectivity index (χ4n) is 4.19. The maximum atomic E-state index is 13.5. The molecule has 1 aromatic carbocycles. The highest BCUT2D eigenvalue weighted by Gasteiger charge is 2.41. The largest absolute Gasteiger partial charge is 0.490 e. The lowest BCUT2D eigenvalue weighted by Gasteiger charge is -2.34. The van der Waals surface area contributed by atoms with Gasteiger partial charge in [-0.3, -0.25) is 14.2 Å². The van der Waals surface area contributed by atoms with Crippen LogP contribution in [0.15, 0.2) is 23.0 Å². The number of carbonyl (C=O) groups excluding carboxylic acids is 1. The van der Waals surface area contributed by atoms with Crippen LogP contribution in [0.2, 0.25) is 5.02 Å². The average Bonchev–Trinajstić information content (AvgIpc) is 2.74. The van der Waals surface area contributed by atoms with E-state index in [2.05, 4.69) is 0 Å². The maximum absolute atomic E-state index is 13.5. The van der Waals surface area contributed by atoms with Crippen molar-refractivity contribution in [2.24, 2.45) is 12.5 Å². The van der Waals surface area contributed by atoms with Crippen LogP contribution < -0.4 is 14.6 Å². The van der Waals surface area contributed by atoms with Crippen LogP contribution in [0.25, 0.3) is 0 Å². The Morgan fingerprint density at radius 1 is 1.28 bits per heavy atom. The molecule has 0 spiro atoms. The van der Waals surface area contributed by atoms with Crippen LogP contribution in [-0.4, -0.2) is 54.4 Å². The van der Waals surface area contributed by atoms with E-state index >= 15 is 0 Å². The van der Waals surface area contributed by atoms with Crippen LogP contribution in [0.1, 0.15) is 42.3 Å². The zero-order valence-electron chi connectivity index (χ0n) is 20.5. The van der Waals surface area contributed by atoms with Crippen molar-refractivity contribution in [3.63, 3.8) is 0 Å². The van der Waals surface area contributed by atoms with Crippen LogP contribution in [0, 0.1) is 11.2 Å². The van der Waals surface area contributed by atoms with Gasteiger partial charge in [0.25, 0.3) is 11.5 Å². The number of carboxylic acid groups (broad SMARTS) is 1. The molecule has 2 amide bonds. The summed E-state index contributed by atoms with van der Waals surface area (Å²) in [6.07, 6.45) is -1.78. The Morgan fingerprint density at radius 2 is 1.92 bits per heavy atom. The van der Waals surface area contributed by atoms with Gasteiger partial charge < -0.3 is 14.7 Å². The van der Waals surface area contributed by atoms with Crippen molar-refractivity contribution < 1.29 is 32.2 Å². The molecule has 0 radical (unpaired) electrons. The van der Waals surface area contributed by atoms with Crippen molar-refractivity contribution in [1.29, 1.82) is 0 Å². The number of anilines is 1. The average molecular weight is 544 g/mol. The van der Waals surface area contributed by atoms with Gasteiger partial charge in [-0.2, -0.15) is 4.31 Å². The van der Waals surface area contributed by atoms with Gasteiger partial charge >= 0.3 is 6.09 Å². The summed E-state index contributed by atoms with van der Waals surface area (Å²) >= 11 is 5.85. The summed E-state index contributed by atoms with van der Waals surface area (Å²) in [4.78, 5) is 40.2. The summed E-state index contributed by atoms with van der Waals surface area (Å²) in [6, 6.07) is 4.00. The number of benzene rings is 1. The Hall–Kier alpha value is -3.12. The first kappa shape index (κ1) is 27.5. The summed E-state index contributed by atoms with van der Waals surface area (Å²) in [7, 11) is -2.04. The van der Waals surface area contributed by atoms with E-state index in [0.717, 1.165) is 4.57 Å². The van der Waals surface area contributed by atoms with Crippen LogP contribution in [-0.2, 0) is 30.0 Å². The van der Waals surface area contributed by atoms with E-state index in [1.54, 1.807) is 20.8 Å². The first-order chi connectivity index (χ1) is 16.6. The number of ether oxygens (including phenoxy) is 1. The molecule has 0 atom stereocenters. The predicted octanol–water partition coefficient (Wildman–Crippen LogP) is 3.25. The molecule has 2 aromatic rings. The molecule has 0 unspecified atom stereocenters. The SMILES string of the molecule is COc1c2c(c(N(C(=O)O)S(=O)(=O)CC(C)(C)C)n(C)c1=O)CCN(Cc1ccc(F)c(Cl)c1)C2=O. The first-order valence-electron chi connectivity index (χ1n) is 10.9. The van der Waals surface area contributed by atoms with Gasteiger partial charge in [-0.25, -0.2) is 17.6 Å². The highest BCUT2D eigenvalue weighted by molar-refractivity contribution is 7.93. The second-order valence-corrected chi connectivity index (χ2v) is 11.9. The number of carbonyl (C=O) groups is 2. The molecule has 196 valence electrons. The number of pyridine rings is 1. The number of methoxy groups -OCH3 is 1. The number of rotatable bonds is 6. The fourth-order valence-corrected chi connectivity index (χ4v) is 6.35. The normalized spacial score (nSPS) is 14.0. The molecule has 0 saturated heterocycles. The first-order valence-corrected chi connectivity index (χ1v) is 12.9. The minimum Gasteiger partial charge on any atom is -0.490 e. The zero-order chi connectivity index (χ0) is 27.2. The molecule has 3 rings (SSSR count). The molecule has 1 aromatic heterocycles. The number of halogens is 2. The van der Waals surface area contributed by atoms with Crippen molar-refractivity contribution in [1.82, 2.24) is 9.47 Å². The van der Waals surface area contributed by atoms with Crippen molar-refractivity contribution in [3.8, 4) is 5.75 Å². The molecule has 0 bridgehead atoms. The fraction of sp³-hybridized carbons (Fsp3) is 0.435. The maximum Gasteiger partial charge on any atom is 0.427 e. The Morgan fingerprint density at radius 3 is 2.44 bits per heavy atom. The van der Waals surface area contributed by atoms with Crippen molar-refractivity contribution in [2.75, 3.05) is 23.7 Å². The molecular weight excluding hydrogens is 517 g/mol. The van der Waals surface area contributed by atoms with E-state index in [-0.39, 0.29) is 45.7 Å². The lowest BCUT2D eigenvalue weighted by Crippen LogP contribution is -2.46. The number of aromatic nitrogens is 1. The van der Waals surface area contributed by atoms with Gasteiger partial charge in [0.2, 0.25) is 10.0 Å². The van der Waals surface area contributed by atoms with Crippen LogP contribution >= 0.6 is 11.6 Å². The third-order valence-electron chi connectivity index (χ3n) is 5.57. The summed E-state index contributed by atoms with van der Waals surface area (Å²) in [5, 5.41) is 9.81. The number of amides is 2. The van der Waals surface area contributed by atoms with E-state index in [1.807, 2.05) is 0 Å². The molecule has 0 saturated carbocycles. The highest BCUT2D eigenvalue weighted by atomic mass is 35.5. The van der Waals surface area contributed by atoms with E-state index < -0.39 is 50.4 Å². The minimum atomic E-state index is -4.45. The van der Waals surface area contributed by atoms with E-state index in [0.29, 0.717) is 5.56 Å². The Balaban J connectivity index is 2.20. The molecule has 10 nitrogen and oxygen atoms in total. The summed E-state index contributed by atoms with van der Waals surface area (Å²) in [5.41, 5.74) is -1.29. The lowest BCUT2D eigenvalue weighted by molar-refractivity contribution is 0.0722. The highest BCUT2D eigenvalue weighted by Crippen LogP contribution is 2.35.